The van der Waals surface area contributed by atoms with Gasteiger partial charge in [-0.1, -0.05) is 0 Å². The highest BCUT2D eigenvalue weighted by atomic mass is 16.8. The Morgan fingerprint density at radius 1 is 1.11 bits per heavy atom. The van der Waals surface area contributed by atoms with Crippen LogP contribution in [0.15, 0.2) is 18.2 Å². The van der Waals surface area contributed by atoms with Crippen molar-refractivity contribution in [2.45, 2.75) is 13.8 Å². The molecule has 1 aromatic rings. The molecule has 0 aromatic heterocycles. The summed E-state index contributed by atoms with van der Waals surface area (Å²) in [5.41, 5.74) is 2.66. The molecule has 1 rings (SSSR count). The van der Waals surface area contributed by atoms with E-state index < -0.39 is 0 Å². The Balaban J connectivity index is 2.82. The largest absolute Gasteiger partial charge is 0.494 e. The van der Waals surface area contributed by atoms with E-state index in [4.69, 9.17) is 14.3 Å². The molecule has 0 saturated carbocycles. The molecule has 0 bridgehead atoms. The van der Waals surface area contributed by atoms with Crippen molar-refractivity contribution in [3.8, 4) is 11.5 Å². The van der Waals surface area contributed by atoms with Crippen molar-refractivity contribution in [3.63, 3.8) is 0 Å². The van der Waals surface area contributed by atoms with E-state index in [1.54, 1.807) is 18.2 Å². The number of carbonyl (C=O) groups is 1. The SMILES string of the molecule is CCOc1cc(OCC)cc(C(=O)NOCOC)c1. The standard InChI is InChI=1S/C13H19NO5/c1-4-17-11-6-10(7-12(8-11)18-5-2)13(15)14-19-9-16-3/h6-8H,4-5,9H2,1-3H3,(H,14,15). The van der Waals surface area contributed by atoms with Gasteiger partial charge in [0.25, 0.3) is 5.91 Å². The topological polar surface area (TPSA) is 66.0 Å². The molecule has 6 heteroatoms. The van der Waals surface area contributed by atoms with Gasteiger partial charge in [-0.25, -0.2) is 10.3 Å². The zero-order valence-electron chi connectivity index (χ0n) is 11.4. The first-order valence-corrected chi connectivity index (χ1v) is 6.03. The van der Waals surface area contributed by atoms with Crippen molar-refractivity contribution in [1.82, 2.24) is 5.48 Å². The van der Waals surface area contributed by atoms with Crippen LogP contribution in [0.1, 0.15) is 24.2 Å². The van der Waals surface area contributed by atoms with Gasteiger partial charge >= 0.3 is 0 Å². The second-order valence-electron chi connectivity index (χ2n) is 3.54. The maximum atomic E-state index is 11.8. The summed E-state index contributed by atoms with van der Waals surface area (Å²) < 4.78 is 15.4. The summed E-state index contributed by atoms with van der Waals surface area (Å²) >= 11 is 0. The van der Waals surface area contributed by atoms with E-state index in [0.717, 1.165) is 0 Å². The average Bonchev–Trinajstić information content (AvgIpc) is 2.39. The van der Waals surface area contributed by atoms with Crippen LogP contribution in [0.5, 0.6) is 11.5 Å². The highest BCUT2D eigenvalue weighted by molar-refractivity contribution is 5.94. The molecular weight excluding hydrogens is 250 g/mol. The molecule has 0 aliphatic carbocycles. The molecule has 0 saturated heterocycles. The Hall–Kier alpha value is -1.79. The van der Waals surface area contributed by atoms with Gasteiger partial charge in [0.1, 0.15) is 11.5 Å². The number of benzene rings is 1. The number of carbonyl (C=O) groups excluding carboxylic acids is 1. The first-order chi connectivity index (χ1) is 9.21. The lowest BCUT2D eigenvalue weighted by Crippen LogP contribution is -2.24. The fraction of sp³-hybridized carbons (Fsp3) is 0.462. The minimum absolute atomic E-state index is 0.0186. The Kier molecular flexibility index (Phi) is 6.70. The minimum atomic E-state index is -0.389. The number of hydrogen-bond acceptors (Lipinski definition) is 5. The average molecular weight is 269 g/mol. The lowest BCUT2D eigenvalue weighted by molar-refractivity contribution is -0.0704. The normalized spacial score (nSPS) is 10.1. The third-order valence-corrected chi connectivity index (χ3v) is 2.11. The summed E-state index contributed by atoms with van der Waals surface area (Å²) in [5.74, 6) is 0.759. The maximum absolute atomic E-state index is 11.8. The number of hydroxylamine groups is 1. The van der Waals surface area contributed by atoms with Crippen LogP contribution < -0.4 is 15.0 Å². The van der Waals surface area contributed by atoms with E-state index >= 15 is 0 Å². The maximum Gasteiger partial charge on any atom is 0.275 e. The van der Waals surface area contributed by atoms with E-state index in [1.807, 2.05) is 13.8 Å². The first-order valence-electron chi connectivity index (χ1n) is 6.03. The predicted molar refractivity (Wildman–Crippen MR) is 69.2 cm³/mol. The van der Waals surface area contributed by atoms with Crippen molar-refractivity contribution in [3.05, 3.63) is 23.8 Å². The van der Waals surface area contributed by atoms with Crippen LogP contribution in [-0.2, 0) is 9.57 Å². The summed E-state index contributed by atoms with van der Waals surface area (Å²) in [6.45, 7) is 4.74. The minimum Gasteiger partial charge on any atom is -0.494 e. The molecule has 0 spiro atoms. The monoisotopic (exact) mass is 269 g/mol. The number of ether oxygens (including phenoxy) is 3. The van der Waals surface area contributed by atoms with E-state index in [1.165, 1.54) is 7.11 Å². The molecule has 0 radical (unpaired) electrons. The number of nitrogens with one attached hydrogen (secondary N) is 1. The summed E-state index contributed by atoms with van der Waals surface area (Å²) in [6.07, 6.45) is 0. The third kappa shape index (κ3) is 5.15. The van der Waals surface area contributed by atoms with Crippen molar-refractivity contribution >= 4 is 5.91 Å². The van der Waals surface area contributed by atoms with Gasteiger partial charge in [0.2, 0.25) is 0 Å². The fourth-order valence-corrected chi connectivity index (χ4v) is 1.42. The number of hydrogen-bond donors (Lipinski definition) is 1. The molecule has 0 heterocycles. The van der Waals surface area contributed by atoms with Gasteiger partial charge in [-0.3, -0.25) is 4.79 Å². The van der Waals surface area contributed by atoms with E-state index in [0.29, 0.717) is 30.3 Å². The lowest BCUT2D eigenvalue weighted by atomic mass is 10.2. The summed E-state index contributed by atoms with van der Waals surface area (Å²) in [7, 11) is 1.47. The zero-order chi connectivity index (χ0) is 14.1. The molecule has 6 nitrogen and oxygen atoms in total. The van der Waals surface area contributed by atoms with Gasteiger partial charge in [0, 0.05) is 18.7 Å². The molecule has 0 fully saturated rings. The second-order valence-corrected chi connectivity index (χ2v) is 3.54. The first kappa shape index (κ1) is 15.3. The van der Waals surface area contributed by atoms with Crippen LogP contribution in [0.2, 0.25) is 0 Å². The van der Waals surface area contributed by atoms with Gasteiger partial charge in [0.05, 0.1) is 13.2 Å². The van der Waals surface area contributed by atoms with Crippen molar-refractivity contribution in [2.24, 2.45) is 0 Å². The Morgan fingerprint density at radius 3 is 2.16 bits per heavy atom. The molecule has 19 heavy (non-hydrogen) atoms. The summed E-state index contributed by atoms with van der Waals surface area (Å²) in [6, 6.07) is 4.98. The quantitative estimate of drug-likeness (QED) is 0.442. The van der Waals surface area contributed by atoms with Crippen LogP contribution in [-0.4, -0.2) is 33.0 Å². The number of methoxy groups -OCH3 is 1. The molecular formula is C13H19NO5. The molecule has 0 unspecified atom stereocenters. The van der Waals surface area contributed by atoms with Gasteiger partial charge in [-0.05, 0) is 26.0 Å². The van der Waals surface area contributed by atoms with Crippen molar-refractivity contribution in [2.75, 3.05) is 27.1 Å². The number of rotatable bonds is 8. The smallest absolute Gasteiger partial charge is 0.275 e. The van der Waals surface area contributed by atoms with Gasteiger partial charge in [-0.2, -0.15) is 0 Å². The van der Waals surface area contributed by atoms with Crippen LogP contribution in [0.25, 0.3) is 0 Å². The van der Waals surface area contributed by atoms with Crippen molar-refractivity contribution in [1.29, 1.82) is 0 Å². The Bertz CT molecular complexity index is 384. The summed E-state index contributed by atoms with van der Waals surface area (Å²) in [4.78, 5) is 16.6. The Labute approximate surface area is 112 Å². The highest BCUT2D eigenvalue weighted by Crippen LogP contribution is 2.23. The van der Waals surface area contributed by atoms with Gasteiger partial charge < -0.3 is 14.2 Å². The highest BCUT2D eigenvalue weighted by Gasteiger charge is 2.10. The third-order valence-electron chi connectivity index (χ3n) is 2.11. The molecule has 0 atom stereocenters. The fourth-order valence-electron chi connectivity index (χ4n) is 1.42. The van der Waals surface area contributed by atoms with Crippen molar-refractivity contribution < 1.29 is 23.8 Å². The van der Waals surface area contributed by atoms with Gasteiger partial charge in [-0.15, -0.1) is 0 Å². The van der Waals surface area contributed by atoms with E-state index in [9.17, 15) is 4.79 Å². The molecule has 106 valence electrons. The second kappa shape index (κ2) is 8.34. The van der Waals surface area contributed by atoms with Gasteiger partial charge in [0.15, 0.2) is 6.79 Å². The lowest BCUT2D eigenvalue weighted by Gasteiger charge is -2.10. The van der Waals surface area contributed by atoms with Crippen LogP contribution in [0.3, 0.4) is 0 Å². The van der Waals surface area contributed by atoms with Crippen LogP contribution in [0.4, 0.5) is 0 Å². The Morgan fingerprint density at radius 2 is 1.68 bits per heavy atom. The van der Waals surface area contributed by atoms with Crippen LogP contribution in [0, 0.1) is 0 Å². The molecule has 0 aliphatic heterocycles. The van der Waals surface area contributed by atoms with E-state index in [-0.39, 0.29) is 12.7 Å². The zero-order valence-corrected chi connectivity index (χ0v) is 11.4. The molecule has 0 aliphatic rings. The predicted octanol–water partition coefficient (Wildman–Crippen LogP) is 1.75. The van der Waals surface area contributed by atoms with E-state index in [2.05, 4.69) is 10.2 Å². The molecule has 1 N–H and O–H groups in total. The number of amides is 1. The molecule has 1 amide bonds. The van der Waals surface area contributed by atoms with Crippen LogP contribution >= 0.6 is 0 Å². The molecule has 1 aromatic carbocycles. The summed E-state index contributed by atoms with van der Waals surface area (Å²) in [5, 5.41) is 0.